The molecule has 2 atom stereocenters. The van der Waals surface area contributed by atoms with E-state index in [0.717, 1.165) is 15.0 Å². The monoisotopic (exact) mass is 237 g/mol. The number of rotatable bonds is 4. The van der Waals surface area contributed by atoms with Crippen LogP contribution in [-0.2, 0) is 0 Å². The molecule has 86 valence electrons. The van der Waals surface area contributed by atoms with Crippen molar-refractivity contribution in [2.24, 2.45) is 5.73 Å². The van der Waals surface area contributed by atoms with Crippen LogP contribution >= 0.6 is 11.3 Å². The van der Waals surface area contributed by atoms with Gasteiger partial charge in [0.05, 0.1) is 6.10 Å². The van der Waals surface area contributed by atoms with Crippen LogP contribution in [0.3, 0.4) is 0 Å². The Morgan fingerprint density at radius 3 is 2.69 bits per heavy atom. The number of benzene rings is 1. The smallest absolute Gasteiger partial charge is 0.114 e. The molecule has 0 saturated heterocycles. The maximum atomic E-state index is 9.93. The lowest BCUT2D eigenvalue weighted by Crippen LogP contribution is -2.20. The van der Waals surface area contributed by atoms with Crippen LogP contribution in [0.2, 0.25) is 0 Å². The summed E-state index contributed by atoms with van der Waals surface area (Å²) < 4.78 is 1.12. The highest BCUT2D eigenvalue weighted by molar-refractivity contribution is 7.19. The minimum absolute atomic E-state index is 0.378. The van der Waals surface area contributed by atoms with Crippen molar-refractivity contribution in [1.82, 2.24) is 0 Å². The Bertz CT molecular complexity index is 436. The zero-order chi connectivity index (χ0) is 11.5. The van der Waals surface area contributed by atoms with Gasteiger partial charge in [0.25, 0.3) is 0 Å². The van der Waals surface area contributed by atoms with E-state index in [9.17, 15) is 10.2 Å². The van der Waals surface area contributed by atoms with Gasteiger partial charge in [-0.3, -0.25) is 0 Å². The zero-order valence-electron chi connectivity index (χ0n) is 8.84. The van der Waals surface area contributed by atoms with Gasteiger partial charge in [-0.15, -0.1) is 11.3 Å². The minimum atomic E-state index is -0.832. The summed E-state index contributed by atoms with van der Waals surface area (Å²) in [5.41, 5.74) is 5.35. The molecule has 4 heteroatoms. The molecule has 0 saturated carbocycles. The molecule has 0 fully saturated rings. The molecule has 1 aromatic carbocycles. The highest BCUT2D eigenvalue weighted by atomic mass is 32.1. The van der Waals surface area contributed by atoms with Crippen LogP contribution in [0.15, 0.2) is 30.3 Å². The van der Waals surface area contributed by atoms with Crippen LogP contribution in [0.1, 0.15) is 17.4 Å². The second kappa shape index (κ2) is 4.93. The number of hydrogen-bond donors (Lipinski definition) is 3. The normalized spacial score (nSPS) is 15.2. The number of nitrogens with two attached hydrogens (primary N) is 1. The number of hydrogen-bond acceptors (Lipinski definition) is 4. The van der Waals surface area contributed by atoms with E-state index in [1.54, 1.807) is 0 Å². The first-order valence-corrected chi connectivity index (χ1v) is 6.08. The highest BCUT2D eigenvalue weighted by Gasteiger charge is 2.19. The minimum Gasteiger partial charge on any atom is -0.390 e. The van der Waals surface area contributed by atoms with E-state index >= 15 is 0 Å². The lowest BCUT2D eigenvalue weighted by molar-refractivity contribution is 0.0172. The second-order valence-electron chi connectivity index (χ2n) is 3.78. The predicted molar refractivity (Wildman–Crippen MR) is 66.5 cm³/mol. The number of aliphatic hydroxyl groups excluding tert-OH is 2. The second-order valence-corrected chi connectivity index (χ2v) is 4.89. The molecule has 16 heavy (non-hydrogen) atoms. The molecule has 2 rings (SSSR count). The van der Waals surface area contributed by atoms with Gasteiger partial charge < -0.3 is 15.9 Å². The van der Waals surface area contributed by atoms with Gasteiger partial charge in [-0.2, -0.15) is 0 Å². The maximum absolute atomic E-state index is 9.93. The van der Waals surface area contributed by atoms with Crippen molar-refractivity contribution in [3.05, 3.63) is 35.2 Å². The van der Waals surface area contributed by atoms with Gasteiger partial charge in [0.15, 0.2) is 0 Å². The summed E-state index contributed by atoms with van der Waals surface area (Å²) in [6, 6.07) is 9.85. The van der Waals surface area contributed by atoms with Gasteiger partial charge in [-0.05, 0) is 30.5 Å². The summed E-state index contributed by atoms with van der Waals surface area (Å²) in [4.78, 5) is 0.794. The molecule has 0 aliphatic carbocycles. The Hall–Kier alpha value is -0.940. The van der Waals surface area contributed by atoms with Crippen molar-refractivity contribution < 1.29 is 10.2 Å². The number of thiophene rings is 1. The van der Waals surface area contributed by atoms with Crippen LogP contribution in [0, 0.1) is 0 Å². The van der Waals surface area contributed by atoms with Crippen molar-refractivity contribution in [3.8, 4) is 0 Å². The van der Waals surface area contributed by atoms with Gasteiger partial charge in [0.2, 0.25) is 0 Å². The molecule has 0 bridgehead atoms. The third kappa shape index (κ3) is 2.25. The molecule has 2 unspecified atom stereocenters. The van der Waals surface area contributed by atoms with Crippen LogP contribution in [0.5, 0.6) is 0 Å². The molecule has 0 radical (unpaired) electrons. The van der Waals surface area contributed by atoms with E-state index < -0.39 is 12.2 Å². The Labute approximate surface area is 98.1 Å². The van der Waals surface area contributed by atoms with Gasteiger partial charge in [-0.1, -0.05) is 18.2 Å². The first kappa shape index (κ1) is 11.5. The van der Waals surface area contributed by atoms with Crippen molar-refractivity contribution in [1.29, 1.82) is 0 Å². The van der Waals surface area contributed by atoms with Crippen molar-refractivity contribution in [3.63, 3.8) is 0 Å². The molecule has 1 aromatic heterocycles. The first-order valence-electron chi connectivity index (χ1n) is 5.27. The van der Waals surface area contributed by atoms with Crippen LogP contribution < -0.4 is 5.73 Å². The van der Waals surface area contributed by atoms with Crippen LogP contribution in [0.25, 0.3) is 10.1 Å². The predicted octanol–water partition coefficient (Wildman–Crippen LogP) is 1.64. The Morgan fingerprint density at radius 2 is 2.00 bits per heavy atom. The van der Waals surface area contributed by atoms with E-state index in [1.807, 2.05) is 30.3 Å². The first-order chi connectivity index (χ1) is 7.72. The standard InChI is InChI=1S/C12H15NO2S/c13-6-5-9(14)12(15)11-7-8-3-1-2-4-10(8)16-11/h1-4,7,9,12,14-15H,5-6,13H2. The largest absolute Gasteiger partial charge is 0.390 e. The summed E-state index contributed by atoms with van der Waals surface area (Å²) in [6.45, 7) is 0.378. The molecular weight excluding hydrogens is 222 g/mol. The molecule has 0 aliphatic rings. The van der Waals surface area contributed by atoms with E-state index in [-0.39, 0.29) is 0 Å². The summed E-state index contributed by atoms with van der Waals surface area (Å²) >= 11 is 1.51. The Balaban J connectivity index is 2.26. The van der Waals surface area contributed by atoms with Gasteiger partial charge >= 0.3 is 0 Å². The molecule has 0 amide bonds. The van der Waals surface area contributed by atoms with Crippen LogP contribution in [-0.4, -0.2) is 22.9 Å². The van der Waals surface area contributed by atoms with Gasteiger partial charge in [0, 0.05) is 9.58 Å². The molecule has 4 N–H and O–H groups in total. The third-order valence-corrected chi connectivity index (χ3v) is 3.75. The van der Waals surface area contributed by atoms with Crippen molar-refractivity contribution in [2.45, 2.75) is 18.6 Å². The quantitative estimate of drug-likeness (QED) is 0.757. The topological polar surface area (TPSA) is 66.5 Å². The zero-order valence-corrected chi connectivity index (χ0v) is 9.65. The maximum Gasteiger partial charge on any atom is 0.114 e. The summed E-state index contributed by atoms with van der Waals surface area (Å²) in [7, 11) is 0. The van der Waals surface area contributed by atoms with Crippen molar-refractivity contribution >= 4 is 21.4 Å². The van der Waals surface area contributed by atoms with Gasteiger partial charge in [-0.25, -0.2) is 0 Å². The average Bonchev–Trinajstić information content (AvgIpc) is 2.71. The lowest BCUT2D eigenvalue weighted by Gasteiger charge is -2.15. The van der Waals surface area contributed by atoms with Crippen molar-refractivity contribution in [2.75, 3.05) is 6.54 Å². The van der Waals surface area contributed by atoms with E-state index in [0.29, 0.717) is 13.0 Å². The molecule has 2 aromatic rings. The number of aliphatic hydroxyl groups is 2. The average molecular weight is 237 g/mol. The fourth-order valence-corrected chi connectivity index (χ4v) is 2.78. The summed E-state index contributed by atoms with van der Waals surface area (Å²) in [5.74, 6) is 0. The van der Waals surface area contributed by atoms with E-state index in [2.05, 4.69) is 0 Å². The molecule has 0 spiro atoms. The third-order valence-electron chi connectivity index (χ3n) is 2.56. The number of fused-ring (bicyclic) bond motifs is 1. The lowest BCUT2D eigenvalue weighted by atomic mass is 10.1. The molecule has 3 nitrogen and oxygen atoms in total. The Kier molecular flexibility index (Phi) is 3.56. The Morgan fingerprint density at radius 1 is 1.25 bits per heavy atom. The van der Waals surface area contributed by atoms with E-state index in [1.165, 1.54) is 11.3 Å². The SMILES string of the molecule is NCCC(O)C(O)c1cc2ccccc2s1. The highest BCUT2D eigenvalue weighted by Crippen LogP contribution is 2.31. The molecular formula is C12H15NO2S. The fraction of sp³-hybridized carbons (Fsp3) is 0.333. The van der Waals surface area contributed by atoms with E-state index in [4.69, 9.17) is 5.73 Å². The van der Waals surface area contributed by atoms with Crippen LogP contribution in [0.4, 0.5) is 0 Å². The van der Waals surface area contributed by atoms with Gasteiger partial charge in [0.1, 0.15) is 6.10 Å². The molecule has 1 heterocycles. The summed E-state index contributed by atoms with van der Waals surface area (Å²) in [5, 5.41) is 20.7. The molecule has 0 aliphatic heterocycles. The summed E-state index contributed by atoms with van der Waals surface area (Å²) in [6.07, 6.45) is -1.20. The fourth-order valence-electron chi connectivity index (χ4n) is 1.67.